The summed E-state index contributed by atoms with van der Waals surface area (Å²) in [7, 11) is 0. The Morgan fingerprint density at radius 1 is 1.21 bits per heavy atom. The van der Waals surface area contributed by atoms with Crippen molar-refractivity contribution in [3.05, 3.63) is 77.4 Å². The van der Waals surface area contributed by atoms with Crippen LogP contribution in [0.25, 0.3) is 11.3 Å². The molecule has 4 rings (SSSR count). The molecule has 0 unspecified atom stereocenters. The molecule has 0 saturated carbocycles. The number of aliphatic hydroxyl groups is 1. The van der Waals surface area contributed by atoms with E-state index in [1.54, 1.807) is 6.92 Å². The molecular formula is C27H26F3N5O4. The Kier molecular flexibility index (Phi) is 7.33. The van der Waals surface area contributed by atoms with Gasteiger partial charge in [-0.15, -0.1) is 0 Å². The molecule has 0 spiro atoms. The predicted molar refractivity (Wildman–Crippen MR) is 137 cm³/mol. The quantitative estimate of drug-likeness (QED) is 0.389. The van der Waals surface area contributed by atoms with Crippen molar-refractivity contribution in [1.29, 1.82) is 0 Å². The van der Waals surface area contributed by atoms with E-state index < -0.39 is 40.6 Å². The van der Waals surface area contributed by atoms with Gasteiger partial charge in [-0.05, 0) is 50.6 Å². The Hall–Kier alpha value is -4.45. The SMILES string of the molecule is C=CC(=O)N1CC(Oc2c(N)ncnc2-c2cc(F)cc(NC(=O)c3ccc(C(C)(C)O)c(F)c3F)c2C)C1. The first-order chi connectivity index (χ1) is 18.3. The molecule has 0 aliphatic carbocycles. The Labute approximate surface area is 222 Å². The van der Waals surface area contributed by atoms with E-state index in [4.69, 9.17) is 10.5 Å². The lowest BCUT2D eigenvalue weighted by Gasteiger charge is -2.38. The van der Waals surface area contributed by atoms with E-state index in [2.05, 4.69) is 21.9 Å². The molecule has 1 aliphatic rings. The lowest BCUT2D eigenvalue weighted by molar-refractivity contribution is -0.134. The van der Waals surface area contributed by atoms with Gasteiger partial charge in [0.15, 0.2) is 23.2 Å². The third-order valence-corrected chi connectivity index (χ3v) is 6.31. The molecule has 4 N–H and O–H groups in total. The maximum Gasteiger partial charge on any atom is 0.258 e. The molecule has 2 heterocycles. The molecule has 39 heavy (non-hydrogen) atoms. The standard InChI is InChI=1S/C27H26F3N5O4/c1-5-20(36)35-10-15(11-35)39-24-23(32-12-33-25(24)31)17-8-14(28)9-19(13(17)2)34-26(37)16-6-7-18(27(3,4)38)22(30)21(16)29/h5-9,12,15,38H,1,10-11H2,2-4H3,(H,34,37)(H2,31,32,33). The summed E-state index contributed by atoms with van der Waals surface area (Å²) in [6, 6.07) is 4.32. The van der Waals surface area contributed by atoms with Gasteiger partial charge < -0.3 is 25.8 Å². The third-order valence-electron chi connectivity index (χ3n) is 6.31. The summed E-state index contributed by atoms with van der Waals surface area (Å²) >= 11 is 0. The fraction of sp³-hybridized carbons (Fsp3) is 0.259. The van der Waals surface area contributed by atoms with Crippen LogP contribution in [0.1, 0.15) is 35.3 Å². The number of aromatic nitrogens is 2. The normalized spacial score (nSPS) is 13.6. The minimum Gasteiger partial charge on any atom is -0.481 e. The average molecular weight is 542 g/mol. The smallest absolute Gasteiger partial charge is 0.258 e. The van der Waals surface area contributed by atoms with E-state index in [0.717, 1.165) is 30.6 Å². The molecule has 9 nitrogen and oxygen atoms in total. The van der Waals surface area contributed by atoms with Crippen molar-refractivity contribution in [2.75, 3.05) is 24.1 Å². The van der Waals surface area contributed by atoms with Crippen LogP contribution in [0, 0.1) is 24.4 Å². The number of hydrogen-bond donors (Lipinski definition) is 3. The molecule has 0 atom stereocenters. The van der Waals surface area contributed by atoms with Crippen molar-refractivity contribution in [2.45, 2.75) is 32.5 Å². The minimum atomic E-state index is -1.67. The van der Waals surface area contributed by atoms with Gasteiger partial charge in [0.25, 0.3) is 5.91 Å². The number of carbonyl (C=O) groups is 2. The summed E-state index contributed by atoms with van der Waals surface area (Å²) in [4.78, 5) is 34.3. The van der Waals surface area contributed by atoms with Gasteiger partial charge in [-0.2, -0.15) is 0 Å². The lowest BCUT2D eigenvalue weighted by atomic mass is 9.96. The summed E-state index contributed by atoms with van der Waals surface area (Å²) in [6.07, 6.45) is 1.94. The molecule has 0 bridgehead atoms. The lowest BCUT2D eigenvalue weighted by Crippen LogP contribution is -2.55. The number of nitrogen functional groups attached to an aromatic ring is 1. The van der Waals surface area contributed by atoms with Gasteiger partial charge in [0.1, 0.15) is 23.9 Å². The maximum atomic E-state index is 14.7. The number of benzene rings is 2. The van der Waals surface area contributed by atoms with E-state index in [1.807, 2.05) is 0 Å². The molecule has 12 heteroatoms. The van der Waals surface area contributed by atoms with Crippen LogP contribution in [0.5, 0.6) is 5.75 Å². The maximum absolute atomic E-state index is 14.7. The van der Waals surface area contributed by atoms with Crippen LogP contribution in [-0.2, 0) is 10.4 Å². The van der Waals surface area contributed by atoms with Gasteiger partial charge in [-0.1, -0.05) is 12.6 Å². The molecule has 204 valence electrons. The van der Waals surface area contributed by atoms with E-state index >= 15 is 0 Å². The van der Waals surface area contributed by atoms with Crippen LogP contribution in [0.2, 0.25) is 0 Å². The number of hydrogen-bond acceptors (Lipinski definition) is 7. The highest BCUT2D eigenvalue weighted by molar-refractivity contribution is 6.05. The van der Waals surface area contributed by atoms with Crippen LogP contribution in [0.4, 0.5) is 24.7 Å². The molecule has 1 saturated heterocycles. The number of amides is 2. The topological polar surface area (TPSA) is 131 Å². The summed E-state index contributed by atoms with van der Waals surface area (Å²) in [5.74, 6) is -4.82. The van der Waals surface area contributed by atoms with Crippen molar-refractivity contribution in [2.24, 2.45) is 0 Å². The van der Waals surface area contributed by atoms with Crippen molar-refractivity contribution in [3.8, 4) is 17.0 Å². The van der Waals surface area contributed by atoms with Crippen molar-refractivity contribution in [3.63, 3.8) is 0 Å². The van der Waals surface area contributed by atoms with Crippen molar-refractivity contribution < 1.29 is 32.6 Å². The first kappa shape index (κ1) is 27.6. The predicted octanol–water partition coefficient (Wildman–Crippen LogP) is 3.71. The fourth-order valence-corrected chi connectivity index (χ4v) is 4.13. The highest BCUT2D eigenvalue weighted by Crippen LogP contribution is 2.38. The molecule has 2 aromatic carbocycles. The average Bonchev–Trinajstić information content (AvgIpc) is 2.84. The minimum absolute atomic E-state index is 0.0211. The second kappa shape index (κ2) is 10.4. The summed E-state index contributed by atoms with van der Waals surface area (Å²) in [5.41, 5.74) is 4.04. The zero-order valence-corrected chi connectivity index (χ0v) is 21.4. The number of anilines is 2. The Balaban J connectivity index is 1.65. The number of nitrogens with two attached hydrogens (primary N) is 1. The number of ether oxygens (including phenoxy) is 1. The third kappa shape index (κ3) is 5.41. The van der Waals surface area contributed by atoms with Crippen LogP contribution in [0.15, 0.2) is 43.2 Å². The van der Waals surface area contributed by atoms with Crippen molar-refractivity contribution in [1.82, 2.24) is 14.9 Å². The molecule has 1 aromatic heterocycles. The van der Waals surface area contributed by atoms with Crippen LogP contribution in [0.3, 0.4) is 0 Å². The highest BCUT2D eigenvalue weighted by Gasteiger charge is 2.33. The number of nitrogens with zero attached hydrogens (tertiary/aromatic N) is 3. The summed E-state index contributed by atoms with van der Waals surface area (Å²) < 4.78 is 50.0. The molecule has 1 aliphatic heterocycles. The Bertz CT molecular complexity index is 1480. The van der Waals surface area contributed by atoms with E-state index in [0.29, 0.717) is 5.56 Å². The summed E-state index contributed by atoms with van der Waals surface area (Å²) in [6.45, 7) is 8.11. The zero-order valence-electron chi connectivity index (χ0n) is 21.4. The first-order valence-corrected chi connectivity index (χ1v) is 11.8. The largest absolute Gasteiger partial charge is 0.481 e. The van der Waals surface area contributed by atoms with Crippen LogP contribution >= 0.6 is 0 Å². The monoisotopic (exact) mass is 541 g/mol. The zero-order chi connectivity index (χ0) is 28.6. The van der Waals surface area contributed by atoms with Crippen molar-refractivity contribution >= 4 is 23.3 Å². The van der Waals surface area contributed by atoms with Gasteiger partial charge in [0, 0.05) is 16.8 Å². The van der Waals surface area contributed by atoms with Gasteiger partial charge in [0.05, 0.1) is 24.3 Å². The molecular weight excluding hydrogens is 515 g/mol. The van der Waals surface area contributed by atoms with Gasteiger partial charge >= 0.3 is 0 Å². The van der Waals surface area contributed by atoms with Gasteiger partial charge in [-0.25, -0.2) is 23.1 Å². The number of nitrogens with one attached hydrogen (secondary N) is 1. The van der Waals surface area contributed by atoms with Crippen LogP contribution < -0.4 is 15.8 Å². The van der Waals surface area contributed by atoms with Gasteiger partial charge in [-0.3, -0.25) is 9.59 Å². The second-order valence-corrected chi connectivity index (χ2v) is 9.55. The molecule has 2 amide bonds. The molecule has 3 aromatic rings. The second-order valence-electron chi connectivity index (χ2n) is 9.55. The number of likely N-dealkylation sites (tertiary alicyclic amines) is 1. The van der Waals surface area contributed by atoms with Crippen LogP contribution in [-0.4, -0.2) is 51.0 Å². The molecule has 1 fully saturated rings. The Morgan fingerprint density at radius 2 is 1.90 bits per heavy atom. The fourth-order valence-electron chi connectivity index (χ4n) is 4.13. The van der Waals surface area contributed by atoms with Gasteiger partial charge in [0.2, 0.25) is 5.91 Å². The number of rotatable bonds is 7. The van der Waals surface area contributed by atoms with E-state index in [-0.39, 0.29) is 53.1 Å². The molecule has 0 radical (unpaired) electrons. The van der Waals surface area contributed by atoms with E-state index in [1.165, 1.54) is 24.8 Å². The van der Waals surface area contributed by atoms with E-state index in [9.17, 15) is 27.9 Å². The Morgan fingerprint density at radius 3 is 2.54 bits per heavy atom. The number of carbonyl (C=O) groups excluding carboxylic acids is 2. The summed E-state index contributed by atoms with van der Waals surface area (Å²) in [5, 5.41) is 12.4. The number of halogens is 3. The highest BCUT2D eigenvalue weighted by atomic mass is 19.2. The first-order valence-electron chi connectivity index (χ1n) is 11.8.